The molecule has 0 saturated carbocycles. The molecule has 1 rings (SSSR count). The molecule has 2 N–H and O–H groups in total. The van der Waals surface area contributed by atoms with Crippen molar-refractivity contribution in [1.29, 1.82) is 0 Å². The van der Waals surface area contributed by atoms with Crippen molar-refractivity contribution < 1.29 is 9.18 Å². The van der Waals surface area contributed by atoms with Crippen LogP contribution in [0.4, 0.5) is 4.39 Å². The molecule has 0 spiro atoms. The molecule has 0 bridgehead atoms. The summed E-state index contributed by atoms with van der Waals surface area (Å²) in [6.07, 6.45) is 5.52. The lowest BCUT2D eigenvalue weighted by Gasteiger charge is -2.07. The molecule has 4 heteroatoms. The van der Waals surface area contributed by atoms with Gasteiger partial charge in [0.25, 0.3) is 0 Å². The molecule has 0 aliphatic heterocycles. The van der Waals surface area contributed by atoms with Crippen LogP contribution < -0.4 is 10.9 Å². The standard InChI is InChI=1S/C15H19FN2O/c1-3-4-9-15(19)18-17-12(2)10-11-13-7-5-6-8-14(13)16/h5-8,10-11,17H,2-4,9H2,1H3,(H,18,19). The van der Waals surface area contributed by atoms with Crippen molar-refractivity contribution in [3.8, 4) is 0 Å². The lowest BCUT2D eigenvalue weighted by Crippen LogP contribution is -2.35. The van der Waals surface area contributed by atoms with Gasteiger partial charge in [0.1, 0.15) is 5.82 Å². The molecule has 0 unspecified atom stereocenters. The highest BCUT2D eigenvalue weighted by Crippen LogP contribution is 2.08. The van der Waals surface area contributed by atoms with Gasteiger partial charge in [0.05, 0.1) is 0 Å². The van der Waals surface area contributed by atoms with E-state index < -0.39 is 0 Å². The number of amides is 1. The maximum atomic E-state index is 13.3. The first-order chi connectivity index (χ1) is 9.13. The van der Waals surface area contributed by atoms with Crippen molar-refractivity contribution in [3.63, 3.8) is 0 Å². The van der Waals surface area contributed by atoms with Gasteiger partial charge < -0.3 is 0 Å². The molecule has 19 heavy (non-hydrogen) atoms. The van der Waals surface area contributed by atoms with Crippen LogP contribution in [-0.4, -0.2) is 5.91 Å². The van der Waals surface area contributed by atoms with Crippen molar-refractivity contribution in [2.45, 2.75) is 26.2 Å². The number of hydrazine groups is 1. The van der Waals surface area contributed by atoms with Gasteiger partial charge in [-0.2, -0.15) is 0 Å². The van der Waals surface area contributed by atoms with Crippen LogP contribution in [0.15, 0.2) is 42.6 Å². The molecule has 1 amide bonds. The number of carbonyl (C=O) groups is 1. The Hall–Kier alpha value is -2.10. The molecule has 0 aliphatic carbocycles. The molecule has 3 nitrogen and oxygen atoms in total. The third-order valence-electron chi connectivity index (χ3n) is 2.49. The second kappa shape index (κ2) is 8.08. The van der Waals surface area contributed by atoms with Crippen LogP contribution in [0.5, 0.6) is 0 Å². The number of unbranched alkanes of at least 4 members (excludes halogenated alkanes) is 1. The lowest BCUT2D eigenvalue weighted by atomic mass is 10.2. The Balaban J connectivity index is 2.39. The molecule has 102 valence electrons. The minimum absolute atomic E-state index is 0.0812. The Morgan fingerprint density at radius 3 is 2.79 bits per heavy atom. The quantitative estimate of drug-likeness (QED) is 0.585. The summed E-state index contributed by atoms with van der Waals surface area (Å²) in [5, 5.41) is 0. The fraction of sp³-hybridized carbons (Fsp3) is 0.267. The second-order valence-electron chi connectivity index (χ2n) is 4.16. The van der Waals surface area contributed by atoms with Gasteiger partial charge in [-0.3, -0.25) is 15.6 Å². The zero-order valence-corrected chi connectivity index (χ0v) is 11.1. The summed E-state index contributed by atoms with van der Waals surface area (Å²) in [4.78, 5) is 11.3. The molecule has 1 aromatic rings. The van der Waals surface area contributed by atoms with E-state index in [1.165, 1.54) is 6.07 Å². The first kappa shape index (κ1) is 15.0. The highest BCUT2D eigenvalue weighted by molar-refractivity contribution is 5.75. The third kappa shape index (κ3) is 5.86. The van der Waals surface area contributed by atoms with E-state index in [2.05, 4.69) is 17.4 Å². The van der Waals surface area contributed by atoms with E-state index in [0.29, 0.717) is 17.7 Å². The molecule has 0 saturated heterocycles. The van der Waals surface area contributed by atoms with Crippen LogP contribution in [0.3, 0.4) is 0 Å². The van der Waals surface area contributed by atoms with E-state index in [9.17, 15) is 9.18 Å². The summed E-state index contributed by atoms with van der Waals surface area (Å²) < 4.78 is 13.3. The number of allylic oxidation sites excluding steroid dienone is 1. The molecule has 0 aromatic heterocycles. The molecular formula is C15H19FN2O. The number of carbonyl (C=O) groups excluding carboxylic acids is 1. The van der Waals surface area contributed by atoms with E-state index >= 15 is 0 Å². The van der Waals surface area contributed by atoms with Gasteiger partial charge in [0, 0.05) is 17.7 Å². The molecule has 0 radical (unpaired) electrons. The van der Waals surface area contributed by atoms with Gasteiger partial charge >= 0.3 is 0 Å². The molecule has 0 atom stereocenters. The molecule has 1 aromatic carbocycles. The summed E-state index contributed by atoms with van der Waals surface area (Å²) in [5.74, 6) is -0.374. The SMILES string of the molecule is C=C(C=Cc1ccccc1F)NNC(=O)CCCC. The summed E-state index contributed by atoms with van der Waals surface area (Å²) >= 11 is 0. The normalized spacial score (nSPS) is 10.4. The second-order valence-corrected chi connectivity index (χ2v) is 4.16. The highest BCUT2D eigenvalue weighted by atomic mass is 19.1. The first-order valence-corrected chi connectivity index (χ1v) is 6.30. The zero-order valence-electron chi connectivity index (χ0n) is 11.1. The Kier molecular flexibility index (Phi) is 6.36. The van der Waals surface area contributed by atoms with Crippen LogP contribution in [0.25, 0.3) is 6.08 Å². The van der Waals surface area contributed by atoms with Crippen molar-refractivity contribution in [1.82, 2.24) is 10.9 Å². The van der Waals surface area contributed by atoms with Gasteiger partial charge in [-0.1, -0.05) is 38.1 Å². The largest absolute Gasteiger partial charge is 0.299 e. The van der Waals surface area contributed by atoms with Gasteiger partial charge in [0.2, 0.25) is 5.91 Å². The van der Waals surface area contributed by atoms with Crippen molar-refractivity contribution in [3.05, 3.63) is 54.0 Å². The van der Waals surface area contributed by atoms with Crippen LogP contribution in [0, 0.1) is 5.82 Å². The zero-order chi connectivity index (χ0) is 14.1. The minimum atomic E-state index is -0.293. The number of benzene rings is 1. The number of halogens is 1. The third-order valence-corrected chi connectivity index (χ3v) is 2.49. The van der Waals surface area contributed by atoms with Crippen LogP contribution in [0.1, 0.15) is 31.7 Å². The summed E-state index contributed by atoms with van der Waals surface area (Å²) in [6, 6.07) is 6.44. The first-order valence-electron chi connectivity index (χ1n) is 6.30. The van der Waals surface area contributed by atoms with Crippen LogP contribution in [0.2, 0.25) is 0 Å². The highest BCUT2D eigenvalue weighted by Gasteiger charge is 1.99. The number of rotatable bonds is 7. The van der Waals surface area contributed by atoms with Gasteiger partial charge in [-0.05, 0) is 24.6 Å². The Morgan fingerprint density at radius 2 is 2.11 bits per heavy atom. The molecule has 0 fully saturated rings. The lowest BCUT2D eigenvalue weighted by molar-refractivity contribution is -0.121. The Morgan fingerprint density at radius 1 is 1.37 bits per heavy atom. The smallest absolute Gasteiger partial charge is 0.238 e. The van der Waals surface area contributed by atoms with Crippen molar-refractivity contribution in [2.75, 3.05) is 0 Å². The summed E-state index contributed by atoms with van der Waals surface area (Å²) in [6.45, 7) is 5.74. The number of hydrogen-bond donors (Lipinski definition) is 2. The van der Waals surface area contributed by atoms with E-state index in [-0.39, 0.29) is 11.7 Å². The Labute approximate surface area is 113 Å². The predicted molar refractivity (Wildman–Crippen MR) is 75.4 cm³/mol. The Bertz CT molecular complexity index is 469. The van der Waals surface area contributed by atoms with E-state index in [0.717, 1.165) is 12.8 Å². The van der Waals surface area contributed by atoms with Crippen molar-refractivity contribution >= 4 is 12.0 Å². The van der Waals surface area contributed by atoms with Crippen molar-refractivity contribution in [2.24, 2.45) is 0 Å². The van der Waals surface area contributed by atoms with Crippen LogP contribution >= 0.6 is 0 Å². The average Bonchev–Trinajstić information content (AvgIpc) is 2.42. The fourth-order valence-corrected chi connectivity index (χ4v) is 1.39. The van der Waals surface area contributed by atoms with Crippen LogP contribution in [-0.2, 0) is 4.79 Å². The molecular weight excluding hydrogens is 243 g/mol. The fourth-order valence-electron chi connectivity index (χ4n) is 1.39. The summed E-state index contributed by atoms with van der Waals surface area (Å²) in [7, 11) is 0. The minimum Gasteiger partial charge on any atom is -0.299 e. The molecule has 0 aliphatic rings. The van der Waals surface area contributed by atoms with E-state index in [4.69, 9.17) is 0 Å². The van der Waals surface area contributed by atoms with E-state index in [1.807, 2.05) is 6.92 Å². The monoisotopic (exact) mass is 262 g/mol. The maximum Gasteiger partial charge on any atom is 0.238 e. The predicted octanol–water partition coefficient (Wildman–Crippen LogP) is 3.16. The molecule has 0 heterocycles. The maximum absolute atomic E-state index is 13.3. The van der Waals surface area contributed by atoms with Gasteiger partial charge in [0.15, 0.2) is 0 Å². The summed E-state index contributed by atoms with van der Waals surface area (Å²) in [5.41, 5.74) is 6.18. The number of hydrogen-bond acceptors (Lipinski definition) is 2. The van der Waals surface area contributed by atoms with Gasteiger partial charge in [-0.15, -0.1) is 0 Å². The number of nitrogens with one attached hydrogen (secondary N) is 2. The van der Waals surface area contributed by atoms with Gasteiger partial charge in [-0.25, -0.2) is 4.39 Å². The average molecular weight is 262 g/mol. The van der Waals surface area contributed by atoms with E-state index in [1.54, 1.807) is 30.4 Å². The topological polar surface area (TPSA) is 41.1 Å².